The van der Waals surface area contributed by atoms with Gasteiger partial charge in [-0.15, -0.1) is 0 Å². The number of aromatic nitrogens is 2. The molecule has 3 aromatic carbocycles. The minimum absolute atomic E-state index is 0.0651. The number of carbonyl (C=O) groups is 1. The lowest BCUT2D eigenvalue weighted by atomic mass is 10.0. The van der Waals surface area contributed by atoms with Crippen LogP contribution < -0.4 is 15.4 Å². The van der Waals surface area contributed by atoms with Gasteiger partial charge in [-0.3, -0.25) is 9.78 Å². The van der Waals surface area contributed by atoms with Gasteiger partial charge in [0.2, 0.25) is 5.91 Å². The zero-order chi connectivity index (χ0) is 27.5. The van der Waals surface area contributed by atoms with E-state index in [9.17, 15) is 4.79 Å². The van der Waals surface area contributed by atoms with Crippen molar-refractivity contribution < 1.29 is 9.53 Å². The number of hydrogen-bond acceptors (Lipinski definition) is 4. The van der Waals surface area contributed by atoms with Crippen molar-refractivity contribution in [1.29, 1.82) is 0 Å². The summed E-state index contributed by atoms with van der Waals surface area (Å²) in [6, 6.07) is 31.6. The number of carbonyl (C=O) groups excluding carboxylic acids is 1. The maximum absolute atomic E-state index is 13.2. The standard InChI is InChI=1S/C32H29N5O2S/c1-39-24-16-14-23(15-17-24)36-20-7-13-28(36)31-30(27-11-4-5-19-33-27)35-32(40)37(31)21-18-29(38)34-26-12-6-9-22-8-2-3-10-25(22)26/h2-17,19-20,30-31H,18,21H2,1H3,(H,34,38)(H,35,40)/t30-,31-/m1/s1. The van der Waals surface area contributed by atoms with Crippen molar-refractivity contribution in [2.75, 3.05) is 19.0 Å². The van der Waals surface area contributed by atoms with Crippen LogP contribution in [0.4, 0.5) is 5.69 Å². The van der Waals surface area contributed by atoms with Crippen LogP contribution >= 0.6 is 12.2 Å². The van der Waals surface area contributed by atoms with Gasteiger partial charge in [0.05, 0.1) is 24.9 Å². The number of nitrogens with one attached hydrogen (secondary N) is 2. The van der Waals surface area contributed by atoms with Gasteiger partial charge in [-0.2, -0.15) is 0 Å². The van der Waals surface area contributed by atoms with Crippen LogP contribution in [0.1, 0.15) is 29.9 Å². The molecule has 2 atom stereocenters. The number of nitrogens with zero attached hydrogens (tertiary/aromatic N) is 3. The van der Waals surface area contributed by atoms with Crippen LogP contribution in [0.2, 0.25) is 0 Å². The average Bonchev–Trinajstić information content (AvgIpc) is 3.61. The van der Waals surface area contributed by atoms with Gasteiger partial charge in [0.1, 0.15) is 5.75 Å². The second kappa shape index (κ2) is 11.2. The molecule has 0 saturated carbocycles. The van der Waals surface area contributed by atoms with E-state index < -0.39 is 0 Å². The molecule has 0 bridgehead atoms. The third-order valence-corrected chi connectivity index (χ3v) is 7.63. The predicted molar refractivity (Wildman–Crippen MR) is 162 cm³/mol. The smallest absolute Gasteiger partial charge is 0.226 e. The van der Waals surface area contributed by atoms with E-state index in [4.69, 9.17) is 17.0 Å². The Kier molecular flexibility index (Phi) is 7.16. The van der Waals surface area contributed by atoms with E-state index in [-0.39, 0.29) is 24.4 Å². The number of fused-ring (bicyclic) bond motifs is 1. The van der Waals surface area contributed by atoms with E-state index in [0.717, 1.165) is 39.3 Å². The molecule has 8 heteroatoms. The Morgan fingerprint density at radius 2 is 1.77 bits per heavy atom. The number of amides is 1. The largest absolute Gasteiger partial charge is 0.497 e. The first-order valence-corrected chi connectivity index (χ1v) is 13.6. The molecule has 40 heavy (non-hydrogen) atoms. The second-order valence-electron chi connectivity index (χ2n) is 9.65. The Bertz CT molecular complexity index is 1650. The number of benzene rings is 3. The first-order valence-electron chi connectivity index (χ1n) is 13.2. The lowest BCUT2D eigenvalue weighted by Crippen LogP contribution is -2.33. The van der Waals surface area contributed by atoms with E-state index in [1.165, 1.54) is 0 Å². The predicted octanol–water partition coefficient (Wildman–Crippen LogP) is 6.04. The molecule has 200 valence electrons. The van der Waals surface area contributed by atoms with E-state index in [0.29, 0.717) is 11.7 Å². The average molecular weight is 548 g/mol. The quantitative estimate of drug-likeness (QED) is 0.231. The molecule has 1 amide bonds. The first kappa shape index (κ1) is 25.6. The normalized spacial score (nSPS) is 16.6. The van der Waals surface area contributed by atoms with E-state index in [2.05, 4.69) is 31.2 Å². The zero-order valence-corrected chi connectivity index (χ0v) is 22.8. The van der Waals surface area contributed by atoms with Crippen LogP contribution in [-0.2, 0) is 4.79 Å². The van der Waals surface area contributed by atoms with Crippen LogP contribution in [0.3, 0.4) is 0 Å². The molecule has 1 fully saturated rings. The van der Waals surface area contributed by atoms with Gasteiger partial charge < -0.3 is 24.8 Å². The van der Waals surface area contributed by atoms with Gasteiger partial charge in [0, 0.05) is 47.8 Å². The maximum Gasteiger partial charge on any atom is 0.226 e. The van der Waals surface area contributed by atoms with Gasteiger partial charge in [-0.25, -0.2) is 0 Å². The molecule has 1 aliphatic rings. The maximum atomic E-state index is 13.2. The van der Waals surface area contributed by atoms with Gasteiger partial charge in [-0.05, 0) is 72.2 Å². The summed E-state index contributed by atoms with van der Waals surface area (Å²) in [4.78, 5) is 19.9. The van der Waals surface area contributed by atoms with Crippen LogP contribution in [0.25, 0.3) is 16.5 Å². The van der Waals surface area contributed by atoms with Crippen molar-refractivity contribution in [3.8, 4) is 11.4 Å². The van der Waals surface area contributed by atoms with Gasteiger partial charge in [-0.1, -0.05) is 42.5 Å². The molecule has 1 saturated heterocycles. The summed E-state index contributed by atoms with van der Waals surface area (Å²) in [5.41, 5.74) is 3.75. The highest BCUT2D eigenvalue weighted by Crippen LogP contribution is 2.39. The fraction of sp³-hybridized carbons (Fsp3) is 0.156. The Morgan fingerprint density at radius 3 is 2.58 bits per heavy atom. The number of methoxy groups -OCH3 is 1. The Hall–Kier alpha value is -4.69. The van der Waals surface area contributed by atoms with Crippen LogP contribution in [0.15, 0.2) is 109 Å². The number of pyridine rings is 1. The first-order chi connectivity index (χ1) is 19.6. The number of rotatable bonds is 8. The topological polar surface area (TPSA) is 71.4 Å². The lowest BCUT2D eigenvalue weighted by Gasteiger charge is -2.29. The highest BCUT2D eigenvalue weighted by Gasteiger charge is 2.41. The van der Waals surface area contributed by atoms with Crippen LogP contribution in [-0.4, -0.2) is 39.1 Å². The summed E-state index contributed by atoms with van der Waals surface area (Å²) < 4.78 is 7.50. The molecule has 0 unspecified atom stereocenters. The molecule has 7 nitrogen and oxygen atoms in total. The van der Waals surface area contributed by atoms with Crippen LogP contribution in [0, 0.1) is 0 Å². The molecule has 6 rings (SSSR count). The summed E-state index contributed by atoms with van der Waals surface area (Å²) in [6.07, 6.45) is 4.11. The SMILES string of the molecule is COc1ccc(-n2cccc2[C@@H]2[C@@H](c3ccccn3)NC(=S)N2CCC(=O)Nc2cccc3ccccc23)cc1. The monoisotopic (exact) mass is 547 g/mol. The molecular formula is C32H29N5O2S. The summed E-state index contributed by atoms with van der Waals surface area (Å²) in [5, 5.41) is 9.29. The van der Waals surface area contributed by atoms with Gasteiger partial charge >= 0.3 is 0 Å². The molecule has 5 aromatic rings. The van der Waals surface area contributed by atoms with E-state index >= 15 is 0 Å². The Labute approximate surface area is 238 Å². The minimum atomic E-state index is -0.179. The van der Waals surface area contributed by atoms with Crippen molar-refractivity contribution in [3.63, 3.8) is 0 Å². The van der Waals surface area contributed by atoms with Crippen molar-refractivity contribution in [1.82, 2.24) is 19.8 Å². The molecule has 0 radical (unpaired) electrons. The molecule has 2 aromatic heterocycles. The lowest BCUT2D eigenvalue weighted by molar-refractivity contribution is -0.116. The number of ether oxygens (including phenoxy) is 1. The van der Waals surface area contributed by atoms with Crippen molar-refractivity contribution in [3.05, 3.63) is 121 Å². The number of hydrogen-bond donors (Lipinski definition) is 2. The van der Waals surface area contributed by atoms with Crippen LogP contribution in [0.5, 0.6) is 5.75 Å². The molecule has 0 spiro atoms. The van der Waals surface area contributed by atoms with Crippen molar-refractivity contribution in [2.24, 2.45) is 0 Å². The fourth-order valence-corrected chi connectivity index (χ4v) is 5.68. The minimum Gasteiger partial charge on any atom is -0.497 e. The third kappa shape index (κ3) is 5.01. The zero-order valence-electron chi connectivity index (χ0n) is 22.0. The fourth-order valence-electron chi connectivity index (χ4n) is 5.35. The van der Waals surface area contributed by atoms with Crippen molar-refractivity contribution >= 4 is 39.7 Å². The molecule has 1 aliphatic heterocycles. The van der Waals surface area contributed by atoms with Gasteiger partial charge in [0.15, 0.2) is 5.11 Å². The van der Waals surface area contributed by atoms with E-state index in [1.807, 2.05) is 97.2 Å². The molecule has 0 aliphatic carbocycles. The third-order valence-electron chi connectivity index (χ3n) is 7.28. The summed E-state index contributed by atoms with van der Waals surface area (Å²) in [7, 11) is 1.66. The van der Waals surface area contributed by atoms with E-state index in [1.54, 1.807) is 13.3 Å². The highest BCUT2D eigenvalue weighted by molar-refractivity contribution is 7.80. The second-order valence-corrected chi connectivity index (χ2v) is 10.0. The molecular weight excluding hydrogens is 518 g/mol. The Balaban J connectivity index is 1.28. The Morgan fingerprint density at radius 1 is 0.975 bits per heavy atom. The van der Waals surface area contributed by atoms with Gasteiger partial charge in [0.25, 0.3) is 0 Å². The summed E-state index contributed by atoms with van der Waals surface area (Å²) in [6.45, 7) is 0.449. The number of anilines is 1. The summed E-state index contributed by atoms with van der Waals surface area (Å²) in [5.74, 6) is 0.732. The molecule has 3 heterocycles. The van der Waals surface area contributed by atoms with Crippen molar-refractivity contribution in [2.45, 2.75) is 18.5 Å². The highest BCUT2D eigenvalue weighted by atomic mass is 32.1. The molecule has 2 N–H and O–H groups in total. The summed E-state index contributed by atoms with van der Waals surface area (Å²) >= 11 is 5.84. The number of thiocarbonyl (C=S) groups is 1.